The van der Waals surface area contributed by atoms with Gasteiger partial charge in [0.15, 0.2) is 0 Å². The molecule has 0 aromatic rings. The van der Waals surface area contributed by atoms with E-state index in [1.165, 1.54) is 0 Å². The topological polar surface area (TPSA) is 3.24 Å². The van der Waals surface area contributed by atoms with Crippen LogP contribution in [0.3, 0.4) is 0 Å². The highest BCUT2D eigenvalue weighted by Crippen LogP contribution is 2.21. The maximum Gasteiger partial charge on any atom is 0.278 e. The molecule has 0 N–H and O–H groups in total. The first-order valence-electron chi connectivity index (χ1n) is 4.31. The summed E-state index contributed by atoms with van der Waals surface area (Å²) in [5.74, 6) is -2.64. The Morgan fingerprint density at radius 3 is 2.67 bits per heavy atom. The van der Waals surface area contributed by atoms with Crippen LogP contribution in [0.4, 0.5) is 8.78 Å². The standard InChI is InChI=1S/C9H15F2N/c1-8(2)12-6-4-3-5-9(10,11)7-12/h3,5,8H,4,6-7H2,1-2H3. The molecule has 12 heavy (non-hydrogen) atoms. The number of hydrogen-bond donors (Lipinski definition) is 0. The number of halogens is 2. The third kappa shape index (κ3) is 2.55. The number of hydrogen-bond acceptors (Lipinski definition) is 1. The average molecular weight is 175 g/mol. The van der Waals surface area contributed by atoms with Gasteiger partial charge in [-0.2, -0.15) is 0 Å². The Hall–Kier alpha value is -0.440. The number of alkyl halides is 2. The van der Waals surface area contributed by atoms with Crippen molar-refractivity contribution in [1.29, 1.82) is 0 Å². The summed E-state index contributed by atoms with van der Waals surface area (Å²) in [5.41, 5.74) is 0. The minimum Gasteiger partial charge on any atom is -0.294 e. The van der Waals surface area contributed by atoms with Crippen LogP contribution in [-0.2, 0) is 0 Å². The molecule has 0 amide bonds. The van der Waals surface area contributed by atoms with E-state index in [4.69, 9.17) is 0 Å². The lowest BCUT2D eigenvalue weighted by molar-refractivity contribution is 0.00869. The van der Waals surface area contributed by atoms with Crippen molar-refractivity contribution in [1.82, 2.24) is 4.90 Å². The van der Waals surface area contributed by atoms with Gasteiger partial charge in [0, 0.05) is 12.6 Å². The van der Waals surface area contributed by atoms with Crippen LogP contribution in [0, 0.1) is 0 Å². The zero-order chi connectivity index (χ0) is 9.19. The fraction of sp³-hybridized carbons (Fsp3) is 0.778. The summed E-state index contributed by atoms with van der Waals surface area (Å²) in [6, 6.07) is 0.204. The van der Waals surface area contributed by atoms with Crippen LogP contribution in [-0.4, -0.2) is 30.0 Å². The summed E-state index contributed by atoms with van der Waals surface area (Å²) in [5, 5.41) is 0. The van der Waals surface area contributed by atoms with E-state index >= 15 is 0 Å². The van der Waals surface area contributed by atoms with Gasteiger partial charge in [0.2, 0.25) is 0 Å². The van der Waals surface area contributed by atoms with E-state index in [2.05, 4.69) is 0 Å². The van der Waals surface area contributed by atoms with E-state index in [1.54, 1.807) is 11.0 Å². The predicted molar refractivity (Wildman–Crippen MR) is 45.4 cm³/mol. The van der Waals surface area contributed by atoms with Crippen LogP contribution in [0.1, 0.15) is 20.3 Å². The van der Waals surface area contributed by atoms with Crippen molar-refractivity contribution in [2.75, 3.05) is 13.1 Å². The van der Waals surface area contributed by atoms with Crippen LogP contribution in [0.25, 0.3) is 0 Å². The first-order valence-corrected chi connectivity index (χ1v) is 4.31. The van der Waals surface area contributed by atoms with Crippen molar-refractivity contribution < 1.29 is 8.78 Å². The molecule has 0 radical (unpaired) electrons. The van der Waals surface area contributed by atoms with Gasteiger partial charge in [-0.25, -0.2) is 8.78 Å². The lowest BCUT2D eigenvalue weighted by Crippen LogP contribution is -2.39. The Morgan fingerprint density at radius 2 is 2.08 bits per heavy atom. The van der Waals surface area contributed by atoms with Crippen LogP contribution in [0.5, 0.6) is 0 Å². The monoisotopic (exact) mass is 175 g/mol. The molecule has 0 bridgehead atoms. The fourth-order valence-corrected chi connectivity index (χ4v) is 1.34. The normalized spacial score (nSPS) is 24.4. The molecule has 0 aromatic carbocycles. The minimum atomic E-state index is -2.64. The Labute approximate surface area is 72.1 Å². The van der Waals surface area contributed by atoms with Crippen LogP contribution in [0.15, 0.2) is 12.2 Å². The minimum absolute atomic E-state index is 0.138. The fourth-order valence-electron chi connectivity index (χ4n) is 1.34. The molecule has 1 nitrogen and oxygen atoms in total. The third-order valence-corrected chi connectivity index (χ3v) is 2.09. The van der Waals surface area contributed by atoms with Crippen LogP contribution < -0.4 is 0 Å². The second-order valence-electron chi connectivity index (χ2n) is 3.52. The molecule has 0 aliphatic carbocycles. The zero-order valence-electron chi connectivity index (χ0n) is 7.56. The lowest BCUT2D eigenvalue weighted by Gasteiger charge is -2.27. The van der Waals surface area contributed by atoms with E-state index in [9.17, 15) is 8.78 Å². The smallest absolute Gasteiger partial charge is 0.278 e. The highest BCUT2D eigenvalue weighted by Gasteiger charge is 2.30. The molecule has 0 unspecified atom stereocenters. The molecule has 1 aliphatic rings. The molecule has 70 valence electrons. The highest BCUT2D eigenvalue weighted by molar-refractivity contribution is 5.00. The van der Waals surface area contributed by atoms with Gasteiger partial charge < -0.3 is 0 Å². The zero-order valence-corrected chi connectivity index (χ0v) is 7.56. The van der Waals surface area contributed by atoms with Gasteiger partial charge in [-0.3, -0.25) is 4.90 Å². The van der Waals surface area contributed by atoms with Gasteiger partial charge in [0.1, 0.15) is 0 Å². The number of rotatable bonds is 1. The lowest BCUT2D eigenvalue weighted by atomic mass is 10.2. The van der Waals surface area contributed by atoms with Gasteiger partial charge in [0.25, 0.3) is 5.92 Å². The second kappa shape index (κ2) is 3.52. The maximum absolute atomic E-state index is 12.9. The van der Waals surface area contributed by atoms with Crippen molar-refractivity contribution >= 4 is 0 Å². The summed E-state index contributed by atoms with van der Waals surface area (Å²) in [4.78, 5) is 1.81. The van der Waals surface area contributed by atoms with Crippen molar-refractivity contribution in [3.63, 3.8) is 0 Å². The molecular formula is C9H15F2N. The molecule has 1 aliphatic heterocycles. The second-order valence-corrected chi connectivity index (χ2v) is 3.52. The van der Waals surface area contributed by atoms with Crippen LogP contribution >= 0.6 is 0 Å². The third-order valence-electron chi connectivity index (χ3n) is 2.09. The Balaban J connectivity index is 2.61. The Kier molecular flexibility index (Phi) is 2.83. The summed E-state index contributed by atoms with van der Waals surface area (Å²) in [6.45, 7) is 4.49. The summed E-state index contributed by atoms with van der Waals surface area (Å²) >= 11 is 0. The van der Waals surface area contributed by atoms with Crippen molar-refractivity contribution in [3.05, 3.63) is 12.2 Å². The molecule has 0 spiro atoms. The van der Waals surface area contributed by atoms with E-state index in [1.807, 2.05) is 13.8 Å². The quantitative estimate of drug-likeness (QED) is 0.553. The van der Waals surface area contributed by atoms with E-state index in [0.717, 1.165) is 19.0 Å². The molecule has 0 fully saturated rings. The summed E-state index contributed by atoms with van der Waals surface area (Å²) in [7, 11) is 0. The Morgan fingerprint density at radius 1 is 1.42 bits per heavy atom. The molecule has 0 saturated carbocycles. The summed E-state index contributed by atoms with van der Waals surface area (Å²) < 4.78 is 25.9. The Bertz CT molecular complexity index is 175. The van der Waals surface area contributed by atoms with E-state index < -0.39 is 5.92 Å². The van der Waals surface area contributed by atoms with Crippen molar-refractivity contribution in [2.24, 2.45) is 0 Å². The van der Waals surface area contributed by atoms with Gasteiger partial charge in [0.05, 0.1) is 6.54 Å². The molecular weight excluding hydrogens is 160 g/mol. The molecule has 0 atom stereocenters. The molecule has 3 heteroatoms. The molecule has 0 saturated heterocycles. The highest BCUT2D eigenvalue weighted by atomic mass is 19.3. The number of nitrogens with zero attached hydrogens (tertiary/aromatic N) is 1. The largest absolute Gasteiger partial charge is 0.294 e. The van der Waals surface area contributed by atoms with E-state index in [-0.39, 0.29) is 12.6 Å². The van der Waals surface area contributed by atoms with Crippen molar-refractivity contribution in [3.8, 4) is 0 Å². The first kappa shape index (κ1) is 9.65. The first-order chi connectivity index (χ1) is 5.51. The van der Waals surface area contributed by atoms with Crippen LogP contribution in [0.2, 0.25) is 0 Å². The van der Waals surface area contributed by atoms with Crippen molar-refractivity contribution in [2.45, 2.75) is 32.2 Å². The average Bonchev–Trinajstić information content (AvgIpc) is 2.10. The van der Waals surface area contributed by atoms with E-state index in [0.29, 0.717) is 0 Å². The summed E-state index contributed by atoms with van der Waals surface area (Å²) in [6.07, 6.45) is 3.32. The van der Waals surface area contributed by atoms with Gasteiger partial charge in [-0.05, 0) is 26.3 Å². The maximum atomic E-state index is 12.9. The van der Waals surface area contributed by atoms with Gasteiger partial charge in [-0.15, -0.1) is 0 Å². The van der Waals surface area contributed by atoms with Gasteiger partial charge >= 0.3 is 0 Å². The van der Waals surface area contributed by atoms with Gasteiger partial charge in [-0.1, -0.05) is 6.08 Å². The SMILES string of the molecule is CC(C)N1CCC=CC(F)(F)C1. The molecule has 1 rings (SSSR count). The molecule has 1 heterocycles. The predicted octanol–water partition coefficient (Wildman–Crippen LogP) is 2.29. The molecule has 0 aromatic heterocycles.